The molecule has 1 aliphatic rings. The van der Waals surface area contributed by atoms with Crippen LogP contribution in [0.4, 0.5) is 5.69 Å². The second kappa shape index (κ2) is 8.85. The Morgan fingerprint density at radius 2 is 1.90 bits per heavy atom. The number of hydrogen-bond acceptors (Lipinski definition) is 4. The Labute approximate surface area is 188 Å². The van der Waals surface area contributed by atoms with Gasteiger partial charge < -0.3 is 14.5 Å². The molecule has 0 atom stereocenters. The van der Waals surface area contributed by atoms with Crippen LogP contribution in [-0.4, -0.2) is 11.0 Å². The van der Waals surface area contributed by atoms with E-state index in [2.05, 4.69) is 21.2 Å². The number of para-hydroxylation sites is 2. The lowest BCUT2D eigenvalue weighted by atomic mass is 10.1. The quantitative estimate of drug-likeness (QED) is 0.374. The second-order valence-electron chi connectivity index (χ2n) is 6.63. The molecule has 30 heavy (non-hydrogen) atoms. The zero-order valence-corrected chi connectivity index (χ0v) is 18.6. The molecular formula is C23H19BrN2O3S. The van der Waals surface area contributed by atoms with Gasteiger partial charge in [0, 0.05) is 6.08 Å². The Balaban J connectivity index is 1.50. The van der Waals surface area contributed by atoms with Crippen LogP contribution < -0.4 is 15.0 Å². The topological polar surface area (TPSA) is 54.7 Å². The van der Waals surface area contributed by atoms with E-state index in [0.717, 1.165) is 27.9 Å². The molecule has 0 unspecified atom stereocenters. The lowest BCUT2D eigenvalue weighted by Crippen LogP contribution is -2.31. The first-order valence-corrected chi connectivity index (χ1v) is 10.7. The summed E-state index contributed by atoms with van der Waals surface area (Å²) in [6.45, 7) is 2.33. The fourth-order valence-electron chi connectivity index (χ4n) is 3.18. The summed E-state index contributed by atoms with van der Waals surface area (Å²) >= 11 is 8.86. The van der Waals surface area contributed by atoms with Crippen LogP contribution in [0.15, 0.2) is 75.3 Å². The fourth-order valence-corrected chi connectivity index (χ4v) is 3.87. The zero-order chi connectivity index (χ0) is 21.1. The van der Waals surface area contributed by atoms with Gasteiger partial charge in [-0.3, -0.25) is 9.69 Å². The molecular weight excluding hydrogens is 464 g/mol. The number of benzene rings is 2. The number of carbonyl (C=O) groups excluding carboxylic acids is 1. The van der Waals surface area contributed by atoms with Crippen LogP contribution in [0.1, 0.15) is 24.0 Å². The first kappa shape index (κ1) is 20.4. The number of nitrogens with zero attached hydrogens (tertiary/aromatic N) is 1. The van der Waals surface area contributed by atoms with E-state index in [9.17, 15) is 4.79 Å². The zero-order valence-electron chi connectivity index (χ0n) is 16.2. The minimum Gasteiger partial charge on any atom is -0.484 e. The third kappa shape index (κ3) is 4.17. The van der Waals surface area contributed by atoms with Gasteiger partial charge >= 0.3 is 0 Å². The van der Waals surface area contributed by atoms with Crippen molar-refractivity contribution >= 4 is 50.9 Å². The number of anilines is 1. The van der Waals surface area contributed by atoms with Gasteiger partial charge in [0.25, 0.3) is 5.91 Å². The fraction of sp³-hybridized carbons (Fsp3) is 0.130. The number of furan rings is 1. The Hall–Kier alpha value is -2.90. The lowest BCUT2D eigenvalue weighted by molar-refractivity contribution is -0.113. The summed E-state index contributed by atoms with van der Waals surface area (Å²) in [4.78, 5) is 14.5. The standard InChI is InChI=1S/C23H19BrN2O3S/c1-2-15-7-3-5-9-20(15)26-22(27)19(25-23(26)30)13-16-11-12-17(29-16)14-28-21-10-6-4-8-18(21)24/h3-13H,2,14H2,1H3,(H,25,30)/b19-13+. The minimum absolute atomic E-state index is 0.205. The highest BCUT2D eigenvalue weighted by atomic mass is 79.9. The van der Waals surface area contributed by atoms with Crippen molar-refractivity contribution in [2.75, 3.05) is 4.90 Å². The molecule has 0 saturated carbocycles. The van der Waals surface area contributed by atoms with Crippen LogP contribution in [0.25, 0.3) is 6.08 Å². The third-order valence-corrected chi connectivity index (χ3v) is 5.61. The molecule has 0 spiro atoms. The van der Waals surface area contributed by atoms with Gasteiger partial charge in [-0.1, -0.05) is 37.3 Å². The van der Waals surface area contributed by atoms with Gasteiger partial charge in [0.15, 0.2) is 5.11 Å². The van der Waals surface area contributed by atoms with E-state index >= 15 is 0 Å². The molecule has 1 N–H and O–H groups in total. The van der Waals surface area contributed by atoms with Gasteiger partial charge in [-0.05, 0) is 70.5 Å². The molecule has 1 fully saturated rings. The van der Waals surface area contributed by atoms with Crippen LogP contribution >= 0.6 is 28.1 Å². The van der Waals surface area contributed by atoms with Crippen molar-refractivity contribution in [3.8, 4) is 5.75 Å². The number of nitrogens with one attached hydrogen (secondary N) is 1. The van der Waals surface area contributed by atoms with E-state index in [1.54, 1.807) is 12.1 Å². The molecule has 0 bridgehead atoms. The average Bonchev–Trinajstić information content (AvgIpc) is 3.31. The first-order valence-electron chi connectivity index (χ1n) is 9.48. The molecule has 0 radical (unpaired) electrons. The van der Waals surface area contributed by atoms with Crippen molar-refractivity contribution in [3.63, 3.8) is 0 Å². The number of amides is 1. The highest BCUT2D eigenvalue weighted by molar-refractivity contribution is 9.10. The smallest absolute Gasteiger partial charge is 0.281 e. The van der Waals surface area contributed by atoms with Gasteiger partial charge in [0.2, 0.25) is 0 Å². The van der Waals surface area contributed by atoms with E-state index in [1.807, 2.05) is 61.5 Å². The number of hydrogen-bond donors (Lipinski definition) is 1. The summed E-state index contributed by atoms with van der Waals surface area (Å²) in [5.74, 6) is 1.73. The summed E-state index contributed by atoms with van der Waals surface area (Å²) in [7, 11) is 0. The van der Waals surface area contributed by atoms with Crippen LogP contribution in [-0.2, 0) is 17.8 Å². The predicted octanol–water partition coefficient (Wildman–Crippen LogP) is 5.45. The minimum atomic E-state index is -0.205. The maximum Gasteiger partial charge on any atom is 0.281 e. The van der Waals surface area contributed by atoms with Gasteiger partial charge in [0.1, 0.15) is 29.6 Å². The number of halogens is 1. The van der Waals surface area contributed by atoms with Crippen molar-refractivity contribution in [1.82, 2.24) is 5.32 Å². The second-order valence-corrected chi connectivity index (χ2v) is 7.88. The van der Waals surface area contributed by atoms with E-state index < -0.39 is 0 Å². The van der Waals surface area contributed by atoms with Crippen LogP contribution in [0.2, 0.25) is 0 Å². The molecule has 5 nitrogen and oxygen atoms in total. The van der Waals surface area contributed by atoms with Crippen molar-refractivity contribution in [3.05, 3.63) is 87.9 Å². The highest BCUT2D eigenvalue weighted by Crippen LogP contribution is 2.27. The molecule has 2 aromatic carbocycles. The summed E-state index contributed by atoms with van der Waals surface area (Å²) in [6, 6.07) is 19.0. The number of rotatable bonds is 6. The average molecular weight is 483 g/mol. The summed E-state index contributed by atoms with van der Waals surface area (Å²) in [5, 5.41) is 3.36. The molecule has 4 rings (SSSR count). The van der Waals surface area contributed by atoms with E-state index in [4.69, 9.17) is 21.4 Å². The first-order chi connectivity index (χ1) is 14.6. The maximum absolute atomic E-state index is 13.0. The molecule has 152 valence electrons. The highest BCUT2D eigenvalue weighted by Gasteiger charge is 2.33. The summed E-state index contributed by atoms with van der Waals surface area (Å²) < 4.78 is 12.5. The van der Waals surface area contributed by atoms with Crippen LogP contribution in [0.3, 0.4) is 0 Å². The maximum atomic E-state index is 13.0. The van der Waals surface area contributed by atoms with E-state index in [-0.39, 0.29) is 12.5 Å². The molecule has 7 heteroatoms. The molecule has 1 saturated heterocycles. The molecule has 1 aliphatic heterocycles. The van der Waals surface area contributed by atoms with Crippen LogP contribution in [0.5, 0.6) is 5.75 Å². The lowest BCUT2D eigenvalue weighted by Gasteiger charge is -2.17. The molecule has 1 aromatic heterocycles. The molecule has 1 amide bonds. The number of thiocarbonyl (C=S) groups is 1. The molecule has 2 heterocycles. The molecule has 3 aromatic rings. The summed E-state index contributed by atoms with van der Waals surface area (Å²) in [5.41, 5.74) is 2.23. The Kier molecular flexibility index (Phi) is 6.01. The third-order valence-electron chi connectivity index (χ3n) is 4.67. The van der Waals surface area contributed by atoms with Gasteiger partial charge in [-0.2, -0.15) is 0 Å². The molecule has 0 aliphatic carbocycles. The van der Waals surface area contributed by atoms with Crippen molar-refractivity contribution in [1.29, 1.82) is 0 Å². The van der Waals surface area contributed by atoms with Gasteiger partial charge in [-0.25, -0.2) is 0 Å². The number of carbonyl (C=O) groups is 1. The Bertz CT molecular complexity index is 1140. The van der Waals surface area contributed by atoms with E-state index in [1.165, 1.54) is 4.90 Å². The van der Waals surface area contributed by atoms with Gasteiger partial charge in [-0.15, -0.1) is 0 Å². The van der Waals surface area contributed by atoms with Crippen molar-refractivity contribution in [2.45, 2.75) is 20.0 Å². The van der Waals surface area contributed by atoms with Crippen LogP contribution in [0, 0.1) is 0 Å². The van der Waals surface area contributed by atoms with Gasteiger partial charge in [0.05, 0.1) is 10.2 Å². The number of ether oxygens (including phenoxy) is 1. The SMILES string of the molecule is CCc1ccccc1N1C(=O)/C(=C\c2ccc(COc3ccccc3Br)o2)NC1=S. The number of aryl methyl sites for hydroxylation is 1. The monoisotopic (exact) mass is 482 g/mol. The Morgan fingerprint density at radius 1 is 1.13 bits per heavy atom. The van der Waals surface area contributed by atoms with Crippen molar-refractivity contribution in [2.24, 2.45) is 0 Å². The predicted molar refractivity (Wildman–Crippen MR) is 124 cm³/mol. The van der Waals surface area contributed by atoms with Crippen molar-refractivity contribution < 1.29 is 13.9 Å². The normalized spacial score (nSPS) is 15.0. The largest absolute Gasteiger partial charge is 0.484 e. The Morgan fingerprint density at radius 3 is 2.70 bits per heavy atom. The van der Waals surface area contributed by atoms with E-state index in [0.29, 0.717) is 22.3 Å². The summed E-state index contributed by atoms with van der Waals surface area (Å²) in [6.07, 6.45) is 2.46.